The minimum absolute atomic E-state index is 0.305. The number of aryl methyl sites for hydroxylation is 2. The normalized spacial score (nSPS) is 17.6. The maximum absolute atomic E-state index is 14.0. The lowest BCUT2D eigenvalue weighted by molar-refractivity contribution is 0.350. The predicted octanol–water partition coefficient (Wildman–Crippen LogP) is 5.80. The van der Waals surface area contributed by atoms with Crippen molar-refractivity contribution in [2.24, 2.45) is 0 Å². The molecule has 0 radical (unpaired) electrons. The van der Waals surface area contributed by atoms with Gasteiger partial charge in [0.2, 0.25) is 9.84 Å². The van der Waals surface area contributed by atoms with E-state index in [1.54, 1.807) is 26.4 Å². The molecule has 6 heteroatoms. The van der Waals surface area contributed by atoms with Gasteiger partial charge in [0, 0.05) is 25.2 Å². The third-order valence-electron chi connectivity index (χ3n) is 6.66. The minimum atomic E-state index is -3.73. The highest BCUT2D eigenvalue weighted by molar-refractivity contribution is 7.95. The molecule has 1 aliphatic rings. The van der Waals surface area contributed by atoms with Crippen LogP contribution in [0.25, 0.3) is 0 Å². The number of fused-ring (bicyclic) bond motifs is 1. The summed E-state index contributed by atoms with van der Waals surface area (Å²) in [5.41, 5.74) is 5.36. The number of hydrogen-bond donors (Lipinski definition) is 0. The first-order valence-corrected chi connectivity index (χ1v) is 13.3. The largest absolute Gasteiger partial charge is 0.493 e. The standard InChI is InChI=1S/C29H33NO4S/c1-20-6-10-23(11-7-20)18-30-15-14-24-16-27(33-4)28(34-5)17-26(24)22(3)29(19-30)35(31,32)25-12-8-21(2)9-13-25/h6-13,16-17,19,22H,14-15,18H2,1-5H3/b29-19+. The molecule has 5 nitrogen and oxygen atoms in total. The number of ether oxygens (including phenoxy) is 2. The number of sulfone groups is 1. The van der Waals surface area contributed by atoms with E-state index in [1.807, 2.05) is 44.3 Å². The van der Waals surface area contributed by atoms with Crippen molar-refractivity contribution in [3.05, 3.63) is 99.6 Å². The lowest BCUT2D eigenvalue weighted by Crippen LogP contribution is -2.26. The molecule has 3 aromatic rings. The van der Waals surface area contributed by atoms with Crippen molar-refractivity contribution in [2.45, 2.75) is 44.6 Å². The fourth-order valence-electron chi connectivity index (χ4n) is 4.54. The number of benzene rings is 3. The molecule has 4 rings (SSSR count). The quantitative estimate of drug-likeness (QED) is 0.436. The smallest absolute Gasteiger partial charge is 0.204 e. The Balaban J connectivity index is 1.84. The highest BCUT2D eigenvalue weighted by Crippen LogP contribution is 2.40. The van der Waals surface area contributed by atoms with E-state index in [0.29, 0.717) is 34.4 Å². The predicted molar refractivity (Wildman–Crippen MR) is 140 cm³/mol. The third-order valence-corrected chi connectivity index (χ3v) is 8.64. The average Bonchev–Trinajstić information content (AvgIpc) is 2.85. The van der Waals surface area contributed by atoms with Crippen molar-refractivity contribution in [3.8, 4) is 11.5 Å². The number of hydrogen-bond acceptors (Lipinski definition) is 5. The van der Waals surface area contributed by atoms with Crippen LogP contribution in [0.3, 0.4) is 0 Å². The molecule has 0 saturated heterocycles. The summed E-state index contributed by atoms with van der Waals surface area (Å²) < 4.78 is 39.0. The Hall–Kier alpha value is -3.25. The summed E-state index contributed by atoms with van der Waals surface area (Å²) in [7, 11) is -0.513. The average molecular weight is 492 g/mol. The molecular weight excluding hydrogens is 458 g/mol. The highest BCUT2D eigenvalue weighted by Gasteiger charge is 2.31. The molecule has 0 amide bonds. The monoisotopic (exact) mass is 491 g/mol. The maximum Gasteiger partial charge on any atom is 0.204 e. The van der Waals surface area contributed by atoms with Crippen LogP contribution in [-0.4, -0.2) is 34.1 Å². The molecule has 184 valence electrons. The second-order valence-electron chi connectivity index (χ2n) is 9.18. The van der Waals surface area contributed by atoms with E-state index in [4.69, 9.17) is 9.47 Å². The lowest BCUT2D eigenvalue weighted by atomic mass is 9.91. The first kappa shape index (κ1) is 24.9. The van der Waals surface area contributed by atoms with Crippen LogP contribution in [0.5, 0.6) is 11.5 Å². The zero-order chi connectivity index (χ0) is 25.2. The van der Waals surface area contributed by atoms with Gasteiger partial charge in [0.15, 0.2) is 11.5 Å². The van der Waals surface area contributed by atoms with Crippen molar-refractivity contribution in [1.82, 2.24) is 4.90 Å². The summed E-state index contributed by atoms with van der Waals surface area (Å²) in [4.78, 5) is 2.79. The van der Waals surface area contributed by atoms with Crippen molar-refractivity contribution in [2.75, 3.05) is 20.8 Å². The first-order chi connectivity index (χ1) is 16.7. The Morgan fingerprint density at radius 2 is 1.46 bits per heavy atom. The van der Waals surface area contributed by atoms with Gasteiger partial charge in [-0.3, -0.25) is 0 Å². The summed E-state index contributed by atoms with van der Waals surface area (Å²) in [6, 6.07) is 19.3. The molecule has 0 N–H and O–H groups in total. The molecule has 0 aromatic heterocycles. The van der Waals surface area contributed by atoms with Gasteiger partial charge in [-0.1, -0.05) is 54.4 Å². The van der Waals surface area contributed by atoms with Gasteiger partial charge in [-0.2, -0.15) is 0 Å². The first-order valence-electron chi connectivity index (χ1n) is 11.8. The lowest BCUT2D eigenvalue weighted by Gasteiger charge is -2.30. The van der Waals surface area contributed by atoms with E-state index in [9.17, 15) is 8.42 Å². The molecule has 1 heterocycles. The minimum Gasteiger partial charge on any atom is -0.493 e. The van der Waals surface area contributed by atoms with Crippen LogP contribution >= 0.6 is 0 Å². The summed E-state index contributed by atoms with van der Waals surface area (Å²) in [5, 5.41) is 0. The molecule has 0 saturated carbocycles. The molecule has 1 unspecified atom stereocenters. The molecule has 0 aliphatic carbocycles. The summed E-state index contributed by atoms with van der Waals surface area (Å²) in [6.45, 7) is 7.27. The van der Waals surface area contributed by atoms with Crippen molar-refractivity contribution in [3.63, 3.8) is 0 Å². The van der Waals surface area contributed by atoms with Crippen molar-refractivity contribution < 1.29 is 17.9 Å². The van der Waals surface area contributed by atoms with E-state index >= 15 is 0 Å². The second kappa shape index (κ2) is 10.2. The Labute approximate surface area is 208 Å². The number of allylic oxidation sites excluding steroid dienone is 1. The summed E-state index contributed by atoms with van der Waals surface area (Å²) in [6.07, 6.45) is 2.61. The zero-order valence-corrected chi connectivity index (χ0v) is 21.9. The van der Waals surface area contributed by atoms with Gasteiger partial charge in [0.05, 0.1) is 24.0 Å². The fourth-order valence-corrected chi connectivity index (χ4v) is 6.19. The van der Waals surface area contributed by atoms with Gasteiger partial charge in [0.1, 0.15) is 0 Å². The molecular formula is C29H33NO4S. The van der Waals surface area contributed by atoms with Crippen LogP contribution in [0.4, 0.5) is 0 Å². The van der Waals surface area contributed by atoms with E-state index in [2.05, 4.69) is 36.1 Å². The zero-order valence-electron chi connectivity index (χ0n) is 21.0. The fraction of sp³-hybridized carbons (Fsp3) is 0.310. The van der Waals surface area contributed by atoms with Gasteiger partial charge in [-0.25, -0.2) is 8.42 Å². The van der Waals surface area contributed by atoms with Crippen LogP contribution in [0.2, 0.25) is 0 Å². The topological polar surface area (TPSA) is 55.8 Å². The Kier molecular flexibility index (Phi) is 7.22. The van der Waals surface area contributed by atoms with Crippen LogP contribution in [0, 0.1) is 13.8 Å². The third kappa shape index (κ3) is 5.22. The van der Waals surface area contributed by atoms with Gasteiger partial charge < -0.3 is 14.4 Å². The van der Waals surface area contributed by atoms with Crippen LogP contribution in [-0.2, 0) is 22.8 Å². The summed E-state index contributed by atoms with van der Waals surface area (Å²) in [5.74, 6) is 0.884. The second-order valence-corrected chi connectivity index (χ2v) is 11.1. The molecule has 1 aliphatic heterocycles. The van der Waals surface area contributed by atoms with Crippen LogP contribution in [0.1, 0.15) is 40.7 Å². The Bertz CT molecular complexity index is 1330. The van der Waals surface area contributed by atoms with E-state index in [1.165, 1.54) is 5.56 Å². The molecule has 0 spiro atoms. The Morgan fingerprint density at radius 3 is 2.06 bits per heavy atom. The van der Waals surface area contributed by atoms with Gasteiger partial charge in [0.25, 0.3) is 0 Å². The number of nitrogens with zero attached hydrogens (tertiary/aromatic N) is 1. The van der Waals surface area contributed by atoms with Gasteiger partial charge >= 0.3 is 0 Å². The Morgan fingerprint density at radius 1 is 0.886 bits per heavy atom. The molecule has 1 atom stereocenters. The SMILES string of the molecule is COc1cc2c(cc1OC)C(C)/C(S(=O)(=O)c1ccc(C)cc1)=C\N(Cc1ccc(C)cc1)CC2. The molecule has 35 heavy (non-hydrogen) atoms. The molecule has 0 bridgehead atoms. The van der Waals surface area contributed by atoms with E-state index in [-0.39, 0.29) is 5.92 Å². The van der Waals surface area contributed by atoms with Crippen LogP contribution in [0.15, 0.2) is 76.7 Å². The van der Waals surface area contributed by atoms with Crippen LogP contribution < -0.4 is 9.47 Å². The maximum atomic E-state index is 14.0. The van der Waals surface area contributed by atoms with E-state index < -0.39 is 9.84 Å². The van der Waals surface area contributed by atoms with Gasteiger partial charge in [-0.05, 0) is 61.2 Å². The van der Waals surface area contributed by atoms with Crippen molar-refractivity contribution in [1.29, 1.82) is 0 Å². The van der Waals surface area contributed by atoms with E-state index in [0.717, 1.165) is 28.7 Å². The number of rotatable bonds is 6. The number of methoxy groups -OCH3 is 2. The molecule has 0 fully saturated rings. The summed E-state index contributed by atoms with van der Waals surface area (Å²) >= 11 is 0. The van der Waals surface area contributed by atoms with Gasteiger partial charge in [-0.15, -0.1) is 0 Å². The highest BCUT2D eigenvalue weighted by atomic mass is 32.2. The molecule has 3 aromatic carbocycles. The van der Waals surface area contributed by atoms with Crippen molar-refractivity contribution >= 4 is 9.84 Å².